The molecule has 0 spiro atoms. The van der Waals surface area contributed by atoms with Crippen LogP contribution in [0.15, 0.2) is 42.0 Å². The summed E-state index contributed by atoms with van der Waals surface area (Å²) in [5.74, 6) is -0.216. The van der Waals surface area contributed by atoms with Crippen LogP contribution >= 0.6 is 11.3 Å². The van der Waals surface area contributed by atoms with Gasteiger partial charge in [-0.15, -0.1) is 11.3 Å². The van der Waals surface area contributed by atoms with Gasteiger partial charge in [-0.3, -0.25) is 4.79 Å². The van der Waals surface area contributed by atoms with Crippen LogP contribution in [0.2, 0.25) is 0 Å². The maximum atomic E-state index is 13.2. The van der Waals surface area contributed by atoms with Crippen LogP contribution in [0.25, 0.3) is 0 Å². The van der Waals surface area contributed by atoms with Crippen LogP contribution in [0.1, 0.15) is 38.9 Å². The van der Waals surface area contributed by atoms with Gasteiger partial charge in [0, 0.05) is 38.5 Å². The highest BCUT2D eigenvalue weighted by Crippen LogP contribution is 2.34. The summed E-state index contributed by atoms with van der Waals surface area (Å²) >= 11 is 1.66. The summed E-state index contributed by atoms with van der Waals surface area (Å²) in [4.78, 5) is 24.3. The Labute approximate surface area is 186 Å². The lowest BCUT2D eigenvalue weighted by Gasteiger charge is -2.46. The maximum Gasteiger partial charge on any atom is 0.270 e. The van der Waals surface area contributed by atoms with Gasteiger partial charge in [0.05, 0.1) is 34.4 Å². The molecule has 164 valence electrons. The van der Waals surface area contributed by atoms with Crippen molar-refractivity contribution in [3.8, 4) is 0 Å². The van der Waals surface area contributed by atoms with Crippen molar-refractivity contribution in [2.75, 3.05) is 19.6 Å². The maximum absolute atomic E-state index is 13.2. The number of hydrogen-bond acceptors (Lipinski definition) is 6. The van der Waals surface area contributed by atoms with E-state index in [0.29, 0.717) is 24.4 Å². The van der Waals surface area contributed by atoms with Crippen molar-refractivity contribution in [2.24, 2.45) is 7.05 Å². The number of nitrogens with zero attached hydrogens (tertiary/aromatic N) is 4. The normalized spacial score (nSPS) is 21.9. The second-order valence-corrected chi connectivity index (χ2v) is 9.32. The molecule has 1 amide bonds. The molecule has 1 aliphatic heterocycles. The summed E-state index contributed by atoms with van der Waals surface area (Å²) in [5, 5.41) is 17.7. The Morgan fingerprint density at radius 2 is 2.10 bits per heavy atom. The summed E-state index contributed by atoms with van der Waals surface area (Å²) in [6, 6.07) is 9.80. The Hall–Kier alpha value is -2.55. The van der Waals surface area contributed by atoms with E-state index in [9.17, 15) is 9.90 Å². The second-order valence-electron chi connectivity index (χ2n) is 8.26. The first-order valence-electron chi connectivity index (χ1n) is 10.6. The third kappa shape index (κ3) is 4.42. The monoisotopic (exact) mass is 439 g/mol. The van der Waals surface area contributed by atoms with Crippen molar-refractivity contribution in [3.63, 3.8) is 0 Å². The van der Waals surface area contributed by atoms with E-state index in [1.165, 1.54) is 0 Å². The van der Waals surface area contributed by atoms with Crippen LogP contribution in [0, 0.1) is 13.8 Å². The lowest BCUT2D eigenvalue weighted by atomic mass is 9.78. The van der Waals surface area contributed by atoms with Gasteiger partial charge in [0.25, 0.3) is 5.91 Å². The Morgan fingerprint density at radius 1 is 1.32 bits per heavy atom. The van der Waals surface area contributed by atoms with Crippen LogP contribution in [-0.4, -0.2) is 56.2 Å². The molecular formula is C23H29N5O2S. The van der Waals surface area contributed by atoms with E-state index in [2.05, 4.69) is 25.6 Å². The van der Waals surface area contributed by atoms with Crippen LogP contribution < -0.4 is 5.32 Å². The zero-order valence-electron chi connectivity index (χ0n) is 18.2. The molecule has 7 nitrogen and oxygen atoms in total. The minimum absolute atomic E-state index is 0.216. The minimum Gasteiger partial charge on any atom is -0.389 e. The van der Waals surface area contributed by atoms with Gasteiger partial charge in [0.2, 0.25) is 0 Å². The van der Waals surface area contributed by atoms with E-state index < -0.39 is 11.6 Å². The fraction of sp³-hybridized carbons (Fsp3) is 0.435. The first kappa shape index (κ1) is 21.7. The average molecular weight is 440 g/mol. The molecule has 0 bridgehead atoms. The van der Waals surface area contributed by atoms with Crippen LogP contribution in [0.4, 0.5) is 0 Å². The SMILES string of the molecule is Cc1nc(CCN2CC[C@](NC(=O)c3c(C)ncn3C)(c3ccccc3)[C@H](O)C2)cs1. The van der Waals surface area contributed by atoms with Crippen LogP contribution in [0.5, 0.6) is 0 Å². The van der Waals surface area contributed by atoms with Gasteiger partial charge in [0.15, 0.2) is 0 Å². The number of rotatable bonds is 6. The number of carbonyl (C=O) groups is 1. The molecule has 0 radical (unpaired) electrons. The highest BCUT2D eigenvalue weighted by molar-refractivity contribution is 7.09. The first-order valence-corrected chi connectivity index (χ1v) is 11.4. The number of thiazole rings is 1. The molecule has 0 aliphatic carbocycles. The van der Waals surface area contributed by atoms with Crippen molar-refractivity contribution < 1.29 is 9.90 Å². The quantitative estimate of drug-likeness (QED) is 0.616. The molecule has 2 aromatic heterocycles. The third-order valence-corrected chi connectivity index (χ3v) is 6.96. The number of imidazole rings is 1. The highest BCUT2D eigenvalue weighted by atomic mass is 32.1. The van der Waals surface area contributed by atoms with Gasteiger partial charge in [-0.1, -0.05) is 30.3 Å². The van der Waals surface area contributed by atoms with E-state index in [-0.39, 0.29) is 5.91 Å². The van der Waals surface area contributed by atoms with Crippen molar-refractivity contribution in [1.29, 1.82) is 0 Å². The van der Waals surface area contributed by atoms with Gasteiger partial charge in [-0.05, 0) is 25.8 Å². The number of likely N-dealkylation sites (tertiary alicyclic amines) is 1. The van der Waals surface area contributed by atoms with E-state index in [1.807, 2.05) is 51.2 Å². The summed E-state index contributed by atoms with van der Waals surface area (Å²) < 4.78 is 1.72. The largest absolute Gasteiger partial charge is 0.389 e. The number of aromatic nitrogens is 3. The number of β-amino-alcohol motifs (C(OH)–C–C–N with tert-alkyl or cyclic N) is 1. The Balaban J connectivity index is 1.54. The van der Waals surface area contributed by atoms with Gasteiger partial charge < -0.3 is 19.9 Å². The number of amides is 1. The number of benzene rings is 1. The first-order chi connectivity index (χ1) is 14.9. The molecule has 31 heavy (non-hydrogen) atoms. The smallest absolute Gasteiger partial charge is 0.270 e. The topological polar surface area (TPSA) is 83.3 Å². The Bertz CT molecular complexity index is 1030. The molecule has 0 saturated carbocycles. The molecule has 8 heteroatoms. The summed E-state index contributed by atoms with van der Waals surface area (Å²) in [7, 11) is 1.81. The fourth-order valence-electron chi connectivity index (χ4n) is 4.42. The minimum atomic E-state index is -0.844. The summed E-state index contributed by atoms with van der Waals surface area (Å²) in [5.41, 5.74) is 2.36. The third-order valence-electron chi connectivity index (χ3n) is 6.13. The number of piperidine rings is 1. The molecule has 1 fully saturated rings. The molecule has 3 aromatic rings. The molecule has 2 atom stereocenters. The van der Waals surface area contributed by atoms with E-state index >= 15 is 0 Å². The number of aliphatic hydroxyl groups excluding tert-OH is 1. The van der Waals surface area contributed by atoms with Crippen LogP contribution in [0.3, 0.4) is 0 Å². The van der Waals surface area contributed by atoms with Crippen molar-refractivity contribution in [2.45, 2.75) is 38.3 Å². The summed E-state index contributed by atoms with van der Waals surface area (Å²) in [6.07, 6.45) is 2.38. The molecule has 0 unspecified atom stereocenters. The number of aliphatic hydroxyl groups is 1. The van der Waals surface area contributed by atoms with Crippen molar-refractivity contribution in [3.05, 3.63) is 69.7 Å². The van der Waals surface area contributed by atoms with Gasteiger partial charge in [-0.25, -0.2) is 9.97 Å². The molecule has 3 heterocycles. The second kappa shape index (κ2) is 8.90. The number of nitrogens with one attached hydrogen (secondary N) is 1. The zero-order chi connectivity index (χ0) is 22.0. The Morgan fingerprint density at radius 3 is 2.71 bits per heavy atom. The highest BCUT2D eigenvalue weighted by Gasteiger charge is 2.45. The number of aryl methyl sites for hydroxylation is 3. The van der Waals surface area contributed by atoms with Crippen molar-refractivity contribution in [1.82, 2.24) is 24.8 Å². The lowest BCUT2D eigenvalue weighted by molar-refractivity contribution is -0.0153. The van der Waals surface area contributed by atoms with Gasteiger partial charge in [-0.2, -0.15) is 0 Å². The molecule has 4 rings (SSSR count). The molecular weight excluding hydrogens is 410 g/mol. The van der Waals surface area contributed by atoms with E-state index in [1.54, 1.807) is 22.2 Å². The van der Waals surface area contributed by atoms with Crippen molar-refractivity contribution >= 4 is 17.2 Å². The average Bonchev–Trinajstić information content (AvgIpc) is 3.33. The molecule has 2 N–H and O–H groups in total. The fourth-order valence-corrected chi connectivity index (χ4v) is 5.06. The van der Waals surface area contributed by atoms with E-state index in [4.69, 9.17) is 0 Å². The predicted molar refractivity (Wildman–Crippen MR) is 121 cm³/mol. The predicted octanol–water partition coefficient (Wildman–Crippen LogP) is 2.43. The zero-order valence-corrected chi connectivity index (χ0v) is 19.0. The molecule has 1 aromatic carbocycles. The standard InChI is InChI=1S/C23H29N5O2S/c1-16-21(27(3)15-24-16)22(30)26-23(18-7-5-4-6-8-18)10-12-28(13-20(23)29)11-9-19-14-31-17(2)25-19/h4-8,14-15,20,29H,9-13H2,1-3H3,(H,26,30)/t20-,23+/m1/s1. The number of carbonyl (C=O) groups excluding carboxylic acids is 1. The molecule has 1 saturated heterocycles. The van der Waals surface area contributed by atoms with E-state index in [0.717, 1.165) is 35.8 Å². The van der Waals surface area contributed by atoms with Crippen LogP contribution in [-0.2, 0) is 19.0 Å². The Kier molecular flexibility index (Phi) is 6.22. The van der Waals surface area contributed by atoms with Gasteiger partial charge >= 0.3 is 0 Å². The summed E-state index contributed by atoms with van der Waals surface area (Å²) in [6.45, 7) is 5.94. The lowest BCUT2D eigenvalue weighted by Crippen LogP contribution is -2.62. The number of hydrogen-bond donors (Lipinski definition) is 2. The van der Waals surface area contributed by atoms with Gasteiger partial charge in [0.1, 0.15) is 5.69 Å². The molecule has 1 aliphatic rings.